The van der Waals surface area contributed by atoms with E-state index in [9.17, 15) is 5.11 Å². The van der Waals surface area contributed by atoms with E-state index >= 15 is 0 Å². The molecule has 26 heavy (non-hydrogen) atoms. The van der Waals surface area contributed by atoms with E-state index in [-0.39, 0.29) is 12.9 Å². The molecule has 0 aliphatic carbocycles. The van der Waals surface area contributed by atoms with Crippen molar-refractivity contribution in [2.75, 3.05) is 19.7 Å². The summed E-state index contributed by atoms with van der Waals surface area (Å²) in [5.74, 6) is 1.33. The molecule has 2 aromatic carbocycles. The number of piperidine rings is 1. The number of ether oxygens (including phenoxy) is 2. The molecule has 4 nitrogen and oxygen atoms in total. The molecular formula is C21H24BrNO3. The van der Waals surface area contributed by atoms with Crippen molar-refractivity contribution in [1.82, 2.24) is 4.90 Å². The lowest BCUT2D eigenvalue weighted by molar-refractivity contribution is -0.112. The first-order chi connectivity index (χ1) is 12.7. The molecule has 5 heteroatoms. The Bertz CT molecular complexity index is 752. The number of likely N-dealkylation sites (tertiary alicyclic amines) is 1. The van der Waals surface area contributed by atoms with Gasteiger partial charge in [-0.3, -0.25) is 4.90 Å². The van der Waals surface area contributed by atoms with Gasteiger partial charge >= 0.3 is 0 Å². The summed E-state index contributed by atoms with van der Waals surface area (Å²) in [5, 5.41) is 9.50. The average Bonchev–Trinajstić information content (AvgIpc) is 2.68. The second kappa shape index (κ2) is 8.09. The number of aliphatic hydroxyl groups is 1. The minimum atomic E-state index is -0.366. The first-order valence-corrected chi connectivity index (χ1v) is 10.00. The first-order valence-electron chi connectivity index (χ1n) is 9.20. The topological polar surface area (TPSA) is 41.9 Å². The molecule has 1 N–H and O–H groups in total. The van der Waals surface area contributed by atoms with Gasteiger partial charge in [0.2, 0.25) is 6.29 Å². The number of nitrogens with zero attached hydrogens (tertiary/aromatic N) is 1. The molecule has 0 saturated carbocycles. The number of aliphatic hydroxyl groups excluding tert-OH is 1. The summed E-state index contributed by atoms with van der Waals surface area (Å²) in [7, 11) is 0. The highest BCUT2D eigenvalue weighted by atomic mass is 79.9. The SMILES string of the molecule is OCC1CCCN(Cc2cc(Br)cc3c2OC(c2ccccc2)OC3)C1. The molecule has 4 rings (SSSR count). The quantitative estimate of drug-likeness (QED) is 0.806. The number of hydrogen-bond donors (Lipinski definition) is 1. The zero-order chi connectivity index (χ0) is 17.9. The van der Waals surface area contributed by atoms with Crippen molar-refractivity contribution in [2.45, 2.75) is 32.3 Å². The predicted molar refractivity (Wildman–Crippen MR) is 104 cm³/mol. The van der Waals surface area contributed by atoms with E-state index in [2.05, 4.69) is 33.0 Å². The van der Waals surface area contributed by atoms with Crippen LogP contribution in [0, 0.1) is 5.92 Å². The van der Waals surface area contributed by atoms with Crippen molar-refractivity contribution in [2.24, 2.45) is 5.92 Å². The van der Waals surface area contributed by atoms with Crippen LogP contribution in [0.15, 0.2) is 46.9 Å². The van der Waals surface area contributed by atoms with E-state index in [0.717, 1.165) is 53.8 Å². The van der Waals surface area contributed by atoms with Gasteiger partial charge in [-0.25, -0.2) is 0 Å². The van der Waals surface area contributed by atoms with E-state index in [1.54, 1.807) is 0 Å². The Morgan fingerprint density at radius 3 is 2.85 bits per heavy atom. The highest BCUT2D eigenvalue weighted by molar-refractivity contribution is 9.10. The van der Waals surface area contributed by atoms with Crippen LogP contribution in [-0.2, 0) is 17.9 Å². The maximum absolute atomic E-state index is 9.50. The van der Waals surface area contributed by atoms with Crippen LogP contribution in [-0.4, -0.2) is 29.7 Å². The molecule has 0 aromatic heterocycles. The largest absolute Gasteiger partial charge is 0.460 e. The molecule has 0 amide bonds. The molecule has 2 unspecified atom stereocenters. The van der Waals surface area contributed by atoms with Crippen molar-refractivity contribution in [1.29, 1.82) is 0 Å². The second-order valence-electron chi connectivity index (χ2n) is 7.15. The third kappa shape index (κ3) is 3.96. The average molecular weight is 418 g/mol. The van der Waals surface area contributed by atoms with Crippen molar-refractivity contribution in [3.05, 3.63) is 63.6 Å². The lowest BCUT2D eigenvalue weighted by Crippen LogP contribution is -2.36. The molecule has 0 spiro atoms. The molecule has 2 heterocycles. The van der Waals surface area contributed by atoms with Gasteiger partial charge in [0.1, 0.15) is 5.75 Å². The van der Waals surface area contributed by atoms with Crippen LogP contribution in [0.2, 0.25) is 0 Å². The fraction of sp³-hybridized carbons (Fsp3) is 0.429. The molecule has 1 saturated heterocycles. The molecule has 2 aliphatic rings. The smallest absolute Gasteiger partial charge is 0.227 e. The van der Waals surface area contributed by atoms with Crippen LogP contribution >= 0.6 is 15.9 Å². The molecule has 0 bridgehead atoms. The Kier molecular flexibility index (Phi) is 5.60. The number of hydrogen-bond acceptors (Lipinski definition) is 4. The lowest BCUT2D eigenvalue weighted by atomic mass is 9.98. The number of rotatable bonds is 4. The molecule has 138 valence electrons. The van der Waals surface area contributed by atoms with Gasteiger partial charge in [0.05, 0.1) is 6.61 Å². The van der Waals surface area contributed by atoms with Crippen LogP contribution in [0.25, 0.3) is 0 Å². The van der Waals surface area contributed by atoms with Crippen LogP contribution in [0.1, 0.15) is 35.8 Å². The molecule has 0 radical (unpaired) electrons. The minimum Gasteiger partial charge on any atom is -0.460 e. The van der Waals surface area contributed by atoms with E-state index in [4.69, 9.17) is 9.47 Å². The normalized spacial score (nSPS) is 23.3. The van der Waals surface area contributed by atoms with Gasteiger partial charge in [-0.15, -0.1) is 0 Å². The van der Waals surface area contributed by atoms with Crippen LogP contribution < -0.4 is 4.74 Å². The zero-order valence-electron chi connectivity index (χ0n) is 14.7. The van der Waals surface area contributed by atoms with Crippen LogP contribution in [0.4, 0.5) is 0 Å². The van der Waals surface area contributed by atoms with Crippen LogP contribution in [0.3, 0.4) is 0 Å². The monoisotopic (exact) mass is 417 g/mol. The maximum Gasteiger partial charge on any atom is 0.227 e. The number of benzene rings is 2. The fourth-order valence-corrected chi connectivity index (χ4v) is 4.41. The summed E-state index contributed by atoms with van der Waals surface area (Å²) in [5.41, 5.74) is 3.29. The van der Waals surface area contributed by atoms with Gasteiger partial charge < -0.3 is 14.6 Å². The lowest BCUT2D eigenvalue weighted by Gasteiger charge is -2.34. The zero-order valence-corrected chi connectivity index (χ0v) is 16.3. The summed E-state index contributed by atoms with van der Waals surface area (Å²) < 4.78 is 13.3. The first kappa shape index (κ1) is 18.0. The molecule has 2 aliphatic heterocycles. The Morgan fingerprint density at radius 1 is 1.19 bits per heavy atom. The highest BCUT2D eigenvalue weighted by Crippen LogP contribution is 2.38. The fourth-order valence-electron chi connectivity index (χ4n) is 3.85. The van der Waals surface area contributed by atoms with Crippen molar-refractivity contribution in [3.8, 4) is 5.75 Å². The highest BCUT2D eigenvalue weighted by Gasteiger charge is 2.26. The number of halogens is 1. The molecule has 2 aromatic rings. The van der Waals surface area contributed by atoms with Gasteiger partial charge in [-0.1, -0.05) is 46.3 Å². The summed E-state index contributed by atoms with van der Waals surface area (Å²) in [6, 6.07) is 14.3. The van der Waals surface area contributed by atoms with Gasteiger partial charge in [0.15, 0.2) is 0 Å². The standard InChI is InChI=1S/C21H24BrNO3/c22-19-9-17(12-23-8-4-5-15(11-23)13-24)20-18(10-19)14-25-21(26-20)16-6-2-1-3-7-16/h1-3,6-7,9-10,15,21,24H,4-5,8,11-14H2. The summed E-state index contributed by atoms with van der Waals surface area (Å²) in [6.45, 7) is 3.65. The van der Waals surface area contributed by atoms with E-state index in [1.165, 1.54) is 5.56 Å². The van der Waals surface area contributed by atoms with Gasteiger partial charge in [-0.2, -0.15) is 0 Å². The Morgan fingerprint density at radius 2 is 2.04 bits per heavy atom. The van der Waals surface area contributed by atoms with Crippen molar-refractivity contribution in [3.63, 3.8) is 0 Å². The predicted octanol–water partition coefficient (Wildman–Crippen LogP) is 4.26. The Labute approximate surface area is 162 Å². The van der Waals surface area contributed by atoms with Gasteiger partial charge in [0.25, 0.3) is 0 Å². The van der Waals surface area contributed by atoms with Crippen molar-refractivity contribution < 1.29 is 14.6 Å². The van der Waals surface area contributed by atoms with E-state index in [1.807, 2.05) is 30.3 Å². The third-order valence-corrected chi connectivity index (χ3v) is 5.61. The maximum atomic E-state index is 9.50. The van der Waals surface area contributed by atoms with Crippen LogP contribution in [0.5, 0.6) is 5.75 Å². The third-order valence-electron chi connectivity index (χ3n) is 5.15. The number of fused-ring (bicyclic) bond motifs is 1. The van der Waals surface area contributed by atoms with E-state index < -0.39 is 0 Å². The van der Waals surface area contributed by atoms with E-state index in [0.29, 0.717) is 12.5 Å². The Balaban J connectivity index is 1.57. The summed E-state index contributed by atoms with van der Waals surface area (Å²) >= 11 is 3.62. The summed E-state index contributed by atoms with van der Waals surface area (Å²) in [6.07, 6.45) is 1.89. The Hall–Kier alpha value is -1.40. The van der Waals surface area contributed by atoms with Crippen molar-refractivity contribution >= 4 is 15.9 Å². The minimum absolute atomic E-state index is 0.271. The second-order valence-corrected chi connectivity index (χ2v) is 8.07. The molecule has 1 fully saturated rings. The van der Waals surface area contributed by atoms with Gasteiger partial charge in [-0.05, 0) is 37.4 Å². The molecular weight excluding hydrogens is 394 g/mol. The summed E-state index contributed by atoms with van der Waals surface area (Å²) in [4.78, 5) is 2.42. The molecule has 2 atom stereocenters. The van der Waals surface area contributed by atoms with Gasteiger partial charge in [0, 0.05) is 40.9 Å².